The number of rotatable bonds is 8. The number of carbonyl (C=O) groups excluding carboxylic acids is 1. The molecule has 4 rings (SSSR count). The number of aryl methyl sites for hydroxylation is 2. The fraction of sp³-hybridized carbons (Fsp3) is 0.138. The lowest BCUT2D eigenvalue weighted by molar-refractivity contribution is 0.102. The molecule has 0 saturated carbocycles. The smallest absolute Gasteiger partial charge is 0.255 e. The second-order valence-corrected chi connectivity index (χ2v) is 10.5. The molecule has 0 aliphatic rings. The fourth-order valence-corrected chi connectivity index (χ4v) is 4.56. The number of para-hydroxylation sites is 3. The van der Waals surface area contributed by atoms with Gasteiger partial charge in [-0.1, -0.05) is 48.5 Å². The molecule has 0 spiro atoms. The van der Waals surface area contributed by atoms with E-state index in [1.807, 2.05) is 68.4 Å². The van der Waals surface area contributed by atoms with Crippen molar-refractivity contribution in [3.8, 4) is 11.5 Å². The summed E-state index contributed by atoms with van der Waals surface area (Å²) in [6.07, 6.45) is 1.19. The number of nitrogens with one attached hydrogen (secondary N) is 1. The van der Waals surface area contributed by atoms with Gasteiger partial charge in [-0.3, -0.25) is 9.10 Å². The van der Waals surface area contributed by atoms with Crippen molar-refractivity contribution in [1.29, 1.82) is 0 Å². The molecule has 184 valence electrons. The van der Waals surface area contributed by atoms with Crippen molar-refractivity contribution in [1.82, 2.24) is 0 Å². The summed E-state index contributed by atoms with van der Waals surface area (Å²) in [7, 11) is -3.50. The topological polar surface area (TPSA) is 75.7 Å². The van der Waals surface area contributed by atoms with Crippen molar-refractivity contribution in [2.24, 2.45) is 0 Å². The zero-order chi connectivity index (χ0) is 25.7. The van der Waals surface area contributed by atoms with E-state index >= 15 is 0 Å². The highest BCUT2D eigenvalue weighted by Crippen LogP contribution is 2.29. The molecule has 0 atom stereocenters. The zero-order valence-corrected chi connectivity index (χ0v) is 21.2. The van der Waals surface area contributed by atoms with E-state index in [1.54, 1.807) is 42.5 Å². The zero-order valence-electron chi connectivity index (χ0n) is 20.4. The highest BCUT2D eigenvalue weighted by atomic mass is 32.2. The third kappa shape index (κ3) is 6.12. The Kier molecular flexibility index (Phi) is 7.41. The van der Waals surface area contributed by atoms with E-state index in [9.17, 15) is 13.2 Å². The van der Waals surface area contributed by atoms with Gasteiger partial charge in [0.15, 0.2) is 5.75 Å². The highest BCUT2D eigenvalue weighted by Gasteiger charge is 2.19. The van der Waals surface area contributed by atoms with Crippen LogP contribution < -0.4 is 14.4 Å². The third-order valence-corrected chi connectivity index (χ3v) is 6.97. The van der Waals surface area contributed by atoms with Crippen LogP contribution >= 0.6 is 0 Å². The van der Waals surface area contributed by atoms with E-state index < -0.39 is 10.0 Å². The molecular formula is C29H28N2O4S. The summed E-state index contributed by atoms with van der Waals surface area (Å²) in [4.78, 5) is 12.9. The molecule has 36 heavy (non-hydrogen) atoms. The first kappa shape index (κ1) is 25.0. The monoisotopic (exact) mass is 500 g/mol. The van der Waals surface area contributed by atoms with Gasteiger partial charge in [-0.25, -0.2) is 8.42 Å². The first-order valence-electron chi connectivity index (χ1n) is 11.5. The van der Waals surface area contributed by atoms with Crippen LogP contribution in [0.4, 0.5) is 11.4 Å². The molecule has 0 aliphatic carbocycles. The van der Waals surface area contributed by atoms with Crippen LogP contribution in [0.15, 0.2) is 97.1 Å². The van der Waals surface area contributed by atoms with Crippen molar-refractivity contribution >= 4 is 27.3 Å². The predicted octanol–water partition coefficient (Wildman–Crippen LogP) is 6.31. The van der Waals surface area contributed by atoms with Crippen molar-refractivity contribution in [2.45, 2.75) is 20.4 Å². The average molecular weight is 501 g/mol. The van der Waals surface area contributed by atoms with Gasteiger partial charge in [-0.05, 0) is 79.1 Å². The van der Waals surface area contributed by atoms with Gasteiger partial charge in [0, 0.05) is 5.56 Å². The summed E-state index contributed by atoms with van der Waals surface area (Å²) < 4.78 is 32.3. The lowest BCUT2D eigenvalue weighted by atomic mass is 10.1. The van der Waals surface area contributed by atoms with E-state index in [2.05, 4.69) is 5.32 Å². The maximum absolute atomic E-state index is 12.9. The maximum atomic E-state index is 12.9. The molecule has 0 aromatic heterocycles. The fourth-order valence-electron chi connectivity index (χ4n) is 3.68. The molecule has 0 heterocycles. The Morgan fingerprint density at radius 2 is 1.50 bits per heavy atom. The Hall–Kier alpha value is -4.10. The Morgan fingerprint density at radius 3 is 2.17 bits per heavy atom. The number of nitrogens with zero attached hydrogens (tertiary/aromatic N) is 1. The van der Waals surface area contributed by atoms with E-state index in [0.717, 1.165) is 16.7 Å². The van der Waals surface area contributed by atoms with Crippen LogP contribution in [0.25, 0.3) is 0 Å². The minimum atomic E-state index is -3.50. The highest BCUT2D eigenvalue weighted by molar-refractivity contribution is 7.92. The lowest BCUT2D eigenvalue weighted by Crippen LogP contribution is -2.29. The summed E-state index contributed by atoms with van der Waals surface area (Å²) in [5, 5.41) is 2.90. The second-order valence-electron chi connectivity index (χ2n) is 8.60. The molecule has 0 aliphatic heterocycles. The van der Waals surface area contributed by atoms with Gasteiger partial charge in [-0.15, -0.1) is 0 Å². The molecule has 1 amide bonds. The average Bonchev–Trinajstić information content (AvgIpc) is 2.86. The number of carbonyl (C=O) groups is 1. The Bertz CT molecular complexity index is 1470. The van der Waals surface area contributed by atoms with E-state index in [-0.39, 0.29) is 12.5 Å². The van der Waals surface area contributed by atoms with Crippen molar-refractivity contribution in [3.63, 3.8) is 0 Å². The molecule has 4 aromatic rings. The number of amides is 1. The van der Waals surface area contributed by atoms with E-state index in [4.69, 9.17) is 4.74 Å². The summed E-state index contributed by atoms with van der Waals surface area (Å²) in [6, 6.07) is 29.1. The minimum absolute atomic E-state index is 0.164. The number of ether oxygens (including phenoxy) is 1. The Morgan fingerprint density at radius 1 is 0.833 bits per heavy atom. The van der Waals surface area contributed by atoms with Gasteiger partial charge < -0.3 is 10.1 Å². The van der Waals surface area contributed by atoms with Crippen LogP contribution in [0.2, 0.25) is 0 Å². The number of benzene rings is 4. The Labute approximate surface area is 212 Å². The lowest BCUT2D eigenvalue weighted by Gasteiger charge is -2.23. The molecule has 4 aromatic carbocycles. The summed E-state index contributed by atoms with van der Waals surface area (Å²) in [5.74, 6) is 0.911. The molecule has 6 nitrogen and oxygen atoms in total. The molecule has 0 unspecified atom stereocenters. The molecule has 0 fully saturated rings. The quantitative estimate of drug-likeness (QED) is 0.307. The van der Waals surface area contributed by atoms with Crippen molar-refractivity contribution in [2.75, 3.05) is 15.9 Å². The van der Waals surface area contributed by atoms with Gasteiger partial charge in [0.1, 0.15) is 5.75 Å². The van der Waals surface area contributed by atoms with Gasteiger partial charge in [0.25, 0.3) is 5.91 Å². The second kappa shape index (κ2) is 10.7. The molecule has 0 saturated heterocycles. The first-order valence-corrected chi connectivity index (χ1v) is 13.3. The van der Waals surface area contributed by atoms with Gasteiger partial charge in [0.2, 0.25) is 10.0 Å². The standard InChI is InChI=1S/C29H28N2O4S/c1-21-13-18-25(19-22(21)2)31(36(3,33)34)20-23-14-16-24(17-15-23)29(32)30-27-11-7-8-12-28(27)35-26-9-5-4-6-10-26/h4-19H,20H2,1-3H3,(H,30,32). The summed E-state index contributed by atoms with van der Waals surface area (Å²) in [6.45, 7) is 4.10. The molecule has 7 heteroatoms. The van der Waals surface area contributed by atoms with Crippen LogP contribution in [0.5, 0.6) is 11.5 Å². The van der Waals surface area contributed by atoms with Gasteiger partial charge in [0.05, 0.1) is 24.2 Å². The van der Waals surface area contributed by atoms with E-state index in [1.165, 1.54) is 10.6 Å². The van der Waals surface area contributed by atoms with Crippen LogP contribution in [0.1, 0.15) is 27.0 Å². The number of hydrogen-bond donors (Lipinski definition) is 1. The summed E-state index contributed by atoms with van der Waals surface area (Å²) in [5.41, 5.74) is 4.49. The predicted molar refractivity (Wildman–Crippen MR) is 144 cm³/mol. The van der Waals surface area contributed by atoms with Crippen molar-refractivity contribution in [3.05, 3.63) is 119 Å². The summed E-state index contributed by atoms with van der Waals surface area (Å²) >= 11 is 0. The van der Waals surface area contributed by atoms with E-state index in [0.29, 0.717) is 28.4 Å². The molecule has 0 radical (unpaired) electrons. The van der Waals surface area contributed by atoms with Gasteiger partial charge in [-0.2, -0.15) is 0 Å². The first-order chi connectivity index (χ1) is 17.2. The third-order valence-electron chi connectivity index (χ3n) is 5.83. The number of anilines is 2. The molecule has 0 bridgehead atoms. The van der Waals surface area contributed by atoms with Crippen LogP contribution in [-0.2, 0) is 16.6 Å². The van der Waals surface area contributed by atoms with Crippen molar-refractivity contribution < 1.29 is 17.9 Å². The SMILES string of the molecule is Cc1ccc(N(Cc2ccc(C(=O)Nc3ccccc3Oc3ccccc3)cc2)S(C)(=O)=O)cc1C. The largest absolute Gasteiger partial charge is 0.455 e. The van der Waals surface area contributed by atoms with Crippen LogP contribution in [0.3, 0.4) is 0 Å². The minimum Gasteiger partial charge on any atom is -0.455 e. The molecular weight excluding hydrogens is 472 g/mol. The molecule has 1 N–H and O–H groups in total. The maximum Gasteiger partial charge on any atom is 0.255 e. The Balaban J connectivity index is 1.49. The number of sulfonamides is 1. The van der Waals surface area contributed by atoms with Gasteiger partial charge >= 0.3 is 0 Å². The van der Waals surface area contributed by atoms with Crippen LogP contribution in [0, 0.1) is 13.8 Å². The van der Waals surface area contributed by atoms with Crippen LogP contribution in [-0.4, -0.2) is 20.6 Å². The normalized spacial score (nSPS) is 11.1. The number of hydrogen-bond acceptors (Lipinski definition) is 4.